The molecule has 0 bridgehead atoms. The van der Waals surface area contributed by atoms with E-state index in [9.17, 15) is 27.6 Å². The summed E-state index contributed by atoms with van der Waals surface area (Å²) in [5.74, 6) is -1.84. The van der Waals surface area contributed by atoms with E-state index in [1.807, 2.05) is 6.07 Å². The maximum Gasteiger partial charge on any atom is 0.434 e. The number of aromatic nitrogens is 5. The van der Waals surface area contributed by atoms with Gasteiger partial charge in [0.2, 0.25) is 0 Å². The van der Waals surface area contributed by atoms with Gasteiger partial charge in [-0.05, 0) is 50.0 Å². The van der Waals surface area contributed by atoms with Crippen molar-refractivity contribution < 1.29 is 22.4 Å². The third kappa shape index (κ3) is 4.92. The number of nitriles is 1. The van der Waals surface area contributed by atoms with Crippen molar-refractivity contribution >= 4 is 29.2 Å². The lowest BCUT2D eigenvalue weighted by molar-refractivity contribution is -0.143. The molecule has 3 aromatic heterocycles. The van der Waals surface area contributed by atoms with Gasteiger partial charge in [0.15, 0.2) is 5.69 Å². The van der Waals surface area contributed by atoms with Gasteiger partial charge in [-0.2, -0.15) is 28.6 Å². The molecule has 0 spiro atoms. The van der Waals surface area contributed by atoms with Crippen molar-refractivity contribution in [2.45, 2.75) is 13.1 Å². The van der Waals surface area contributed by atoms with Gasteiger partial charge in [-0.1, -0.05) is 0 Å². The van der Waals surface area contributed by atoms with Gasteiger partial charge in [-0.25, -0.2) is 9.07 Å². The van der Waals surface area contributed by atoms with Crippen LogP contribution >= 0.6 is 0 Å². The molecular formula is C25H18F4N8O. The standard InChI is InChI=1S/C25H18F4N8O/c1-14(11-15(12-30)21(31-2)19-8-10-36(3)35-19)34-24(38)17-13-33-37(23(17)25(27,28)29)20-7-6-18(26)22-16(20)5-4-9-32-22/h4-11,13H,2H2,1,3H3,(H,34,38)/b14-11+,21-15+. The zero-order chi connectivity index (χ0) is 27.6. The number of aryl methyl sites for hydroxylation is 1. The van der Waals surface area contributed by atoms with Crippen LogP contribution in [-0.2, 0) is 13.2 Å². The average molecular weight is 522 g/mol. The molecule has 0 atom stereocenters. The van der Waals surface area contributed by atoms with Crippen molar-refractivity contribution in [2.24, 2.45) is 12.0 Å². The van der Waals surface area contributed by atoms with Gasteiger partial charge >= 0.3 is 6.18 Å². The van der Waals surface area contributed by atoms with E-state index in [-0.39, 0.29) is 33.6 Å². The lowest BCUT2D eigenvalue weighted by Crippen LogP contribution is -2.25. The average Bonchev–Trinajstić information content (AvgIpc) is 3.51. The third-order valence-corrected chi connectivity index (χ3v) is 5.37. The molecule has 3 heterocycles. The van der Waals surface area contributed by atoms with Crippen LogP contribution in [-0.4, -0.2) is 37.2 Å². The Kier molecular flexibility index (Phi) is 6.89. The minimum Gasteiger partial charge on any atom is -0.326 e. The molecule has 0 saturated heterocycles. The van der Waals surface area contributed by atoms with Crippen molar-refractivity contribution in [3.05, 3.63) is 89.0 Å². The van der Waals surface area contributed by atoms with Crippen molar-refractivity contribution in [1.82, 2.24) is 29.9 Å². The zero-order valence-corrected chi connectivity index (χ0v) is 20.0. The fourth-order valence-corrected chi connectivity index (χ4v) is 3.78. The van der Waals surface area contributed by atoms with Crippen LogP contribution in [0.1, 0.15) is 28.7 Å². The predicted molar refractivity (Wildman–Crippen MR) is 130 cm³/mol. The molecule has 9 nitrogen and oxygen atoms in total. The first kappa shape index (κ1) is 26.0. The van der Waals surface area contributed by atoms with Gasteiger partial charge < -0.3 is 5.32 Å². The van der Waals surface area contributed by atoms with Gasteiger partial charge in [0.05, 0.1) is 23.0 Å². The summed E-state index contributed by atoms with van der Waals surface area (Å²) in [4.78, 5) is 20.7. The highest BCUT2D eigenvalue weighted by Gasteiger charge is 2.41. The van der Waals surface area contributed by atoms with E-state index in [4.69, 9.17) is 0 Å². The van der Waals surface area contributed by atoms with E-state index in [1.54, 1.807) is 19.3 Å². The van der Waals surface area contributed by atoms with Crippen LogP contribution in [0.25, 0.3) is 22.3 Å². The van der Waals surface area contributed by atoms with Crippen molar-refractivity contribution in [2.75, 3.05) is 0 Å². The Morgan fingerprint density at radius 2 is 2.03 bits per heavy atom. The van der Waals surface area contributed by atoms with E-state index in [0.717, 1.165) is 18.3 Å². The summed E-state index contributed by atoms with van der Waals surface area (Å²) in [6.45, 7) is 4.83. The second kappa shape index (κ2) is 10.1. The second-order valence-electron chi connectivity index (χ2n) is 7.97. The Morgan fingerprint density at radius 3 is 2.66 bits per heavy atom. The molecule has 0 aliphatic carbocycles. The number of alkyl halides is 3. The minimum absolute atomic E-state index is 0.0199. The maximum absolute atomic E-state index is 14.2. The van der Waals surface area contributed by atoms with Crippen LogP contribution < -0.4 is 5.32 Å². The molecule has 0 fully saturated rings. The van der Waals surface area contributed by atoms with Gasteiger partial charge in [-0.15, -0.1) is 0 Å². The normalized spacial score (nSPS) is 12.7. The van der Waals surface area contributed by atoms with Gasteiger partial charge in [0.1, 0.15) is 28.8 Å². The van der Waals surface area contributed by atoms with Crippen LogP contribution in [0.4, 0.5) is 17.6 Å². The Morgan fingerprint density at radius 1 is 1.26 bits per heavy atom. The summed E-state index contributed by atoms with van der Waals surface area (Å²) in [5.41, 5.74) is -1.89. The fraction of sp³-hybridized carbons (Fsp3) is 0.120. The quantitative estimate of drug-likeness (QED) is 0.172. The van der Waals surface area contributed by atoms with Crippen molar-refractivity contribution in [3.8, 4) is 11.8 Å². The van der Waals surface area contributed by atoms with Crippen molar-refractivity contribution in [3.63, 3.8) is 0 Å². The first-order chi connectivity index (χ1) is 18.0. The zero-order valence-electron chi connectivity index (χ0n) is 20.0. The summed E-state index contributed by atoms with van der Waals surface area (Å²) in [7, 11) is 1.67. The highest BCUT2D eigenvalue weighted by atomic mass is 19.4. The largest absolute Gasteiger partial charge is 0.434 e. The minimum atomic E-state index is -5.00. The van der Waals surface area contributed by atoms with E-state index in [0.29, 0.717) is 10.4 Å². The summed E-state index contributed by atoms with van der Waals surface area (Å²) >= 11 is 0. The van der Waals surface area contributed by atoms with Crippen molar-refractivity contribution in [1.29, 1.82) is 5.26 Å². The Labute approximate surface area is 213 Å². The molecule has 1 N–H and O–H groups in total. The Hall–Kier alpha value is -5.12. The molecule has 0 radical (unpaired) electrons. The van der Waals surface area contributed by atoms with Crippen LogP contribution in [0.3, 0.4) is 0 Å². The number of rotatable bonds is 6. The SMILES string of the molecule is C=N/C(=C(C#N)\C=C(/C)NC(=O)c1cnn(-c2ccc(F)c3ncccc23)c1C(F)(F)F)c1ccn(C)n1. The lowest BCUT2D eigenvalue weighted by atomic mass is 10.1. The van der Waals surface area contributed by atoms with Crippen LogP contribution in [0.15, 0.2) is 71.3 Å². The topological polar surface area (TPSA) is 114 Å². The molecule has 4 aromatic rings. The van der Waals surface area contributed by atoms with Gasteiger partial charge in [-0.3, -0.25) is 19.5 Å². The first-order valence-corrected chi connectivity index (χ1v) is 10.8. The number of allylic oxidation sites excluding steroid dienone is 3. The second-order valence-corrected chi connectivity index (χ2v) is 7.97. The predicted octanol–water partition coefficient (Wildman–Crippen LogP) is 4.58. The van der Waals surface area contributed by atoms with E-state index >= 15 is 0 Å². The number of hydrogen-bond acceptors (Lipinski definition) is 6. The van der Waals surface area contributed by atoms with E-state index in [2.05, 4.69) is 32.2 Å². The van der Waals surface area contributed by atoms with Crippen LogP contribution in [0.5, 0.6) is 0 Å². The molecule has 0 aliphatic rings. The number of fused-ring (bicyclic) bond motifs is 1. The summed E-state index contributed by atoms with van der Waals surface area (Å²) in [6.07, 6.45) is -0.0526. The van der Waals surface area contributed by atoms with Crippen LogP contribution in [0, 0.1) is 17.1 Å². The lowest BCUT2D eigenvalue weighted by Gasteiger charge is -2.14. The number of halogens is 4. The number of aliphatic imine (C=N–C) groups is 1. The van der Waals surface area contributed by atoms with E-state index in [1.165, 1.54) is 36.0 Å². The Balaban J connectivity index is 1.75. The molecule has 192 valence electrons. The highest BCUT2D eigenvalue weighted by molar-refractivity contribution is 5.97. The number of hydrogen-bond donors (Lipinski definition) is 1. The third-order valence-electron chi connectivity index (χ3n) is 5.37. The highest BCUT2D eigenvalue weighted by Crippen LogP contribution is 2.35. The molecular weight excluding hydrogens is 504 g/mol. The molecule has 38 heavy (non-hydrogen) atoms. The molecule has 1 aromatic carbocycles. The number of nitrogens with one attached hydrogen (secondary N) is 1. The molecule has 4 rings (SSSR count). The number of amides is 1. The first-order valence-electron chi connectivity index (χ1n) is 10.8. The summed E-state index contributed by atoms with van der Waals surface area (Å²) < 4.78 is 58.8. The number of pyridine rings is 1. The summed E-state index contributed by atoms with van der Waals surface area (Å²) in [6, 6.07) is 8.47. The summed E-state index contributed by atoms with van der Waals surface area (Å²) in [5, 5.41) is 20.0. The molecule has 1 amide bonds. The van der Waals surface area contributed by atoms with Crippen LogP contribution in [0.2, 0.25) is 0 Å². The van der Waals surface area contributed by atoms with E-state index < -0.39 is 29.2 Å². The monoisotopic (exact) mass is 522 g/mol. The number of benzene rings is 1. The molecule has 0 aliphatic heterocycles. The number of nitrogens with zero attached hydrogens (tertiary/aromatic N) is 7. The smallest absolute Gasteiger partial charge is 0.326 e. The number of carbonyl (C=O) groups excluding carboxylic acids is 1. The maximum atomic E-state index is 14.2. The molecule has 13 heteroatoms. The fourth-order valence-electron chi connectivity index (χ4n) is 3.78. The molecule has 0 saturated carbocycles. The van der Waals surface area contributed by atoms with Gasteiger partial charge in [0, 0.05) is 30.5 Å². The number of carbonyl (C=O) groups is 1. The molecule has 0 unspecified atom stereocenters. The Bertz CT molecular complexity index is 1670. The van der Waals surface area contributed by atoms with Gasteiger partial charge in [0.25, 0.3) is 5.91 Å².